The van der Waals surface area contributed by atoms with Crippen LogP contribution >= 0.6 is 0 Å². The van der Waals surface area contributed by atoms with Crippen LogP contribution in [-0.2, 0) is 6.54 Å². The van der Waals surface area contributed by atoms with Crippen molar-refractivity contribution in [2.45, 2.75) is 12.9 Å². The van der Waals surface area contributed by atoms with Crippen molar-refractivity contribution in [3.63, 3.8) is 0 Å². The van der Waals surface area contributed by atoms with Gasteiger partial charge in [0, 0.05) is 30.7 Å². The first kappa shape index (κ1) is 16.6. The summed E-state index contributed by atoms with van der Waals surface area (Å²) in [6.07, 6.45) is -0.900. The van der Waals surface area contributed by atoms with Crippen LogP contribution in [0.2, 0.25) is 0 Å². The van der Waals surface area contributed by atoms with Gasteiger partial charge < -0.3 is 19.6 Å². The molecule has 25 heavy (non-hydrogen) atoms. The molecule has 0 atom stereocenters. The number of rotatable bonds is 4. The molecule has 0 unspecified atom stereocenters. The van der Waals surface area contributed by atoms with Crippen LogP contribution in [0.4, 0.5) is 18.0 Å². The highest BCUT2D eigenvalue weighted by Gasteiger charge is 2.31. The van der Waals surface area contributed by atoms with E-state index in [1.54, 1.807) is 29.1 Å². The lowest BCUT2D eigenvalue weighted by Crippen LogP contribution is -2.20. The van der Waals surface area contributed by atoms with E-state index in [1.165, 1.54) is 24.3 Å². The molecule has 0 aliphatic rings. The molecule has 0 saturated heterocycles. The number of ether oxygens (including phenoxy) is 1. The molecule has 0 saturated carbocycles. The molecule has 0 aliphatic heterocycles. The Kier molecular flexibility index (Phi) is 4.22. The number of carboxylic acid groups (broad SMARTS) is 1. The molecular weight excluding hydrogens is 339 g/mol. The highest BCUT2D eigenvalue weighted by atomic mass is 19.4. The quantitative estimate of drug-likeness (QED) is 0.752. The van der Waals surface area contributed by atoms with E-state index in [9.17, 15) is 18.0 Å². The molecule has 0 radical (unpaired) electrons. The summed E-state index contributed by atoms with van der Waals surface area (Å²) in [5.74, 6) is -0.320. The summed E-state index contributed by atoms with van der Waals surface area (Å²) in [6, 6.07) is 7.13. The molecule has 0 fully saturated rings. The third kappa shape index (κ3) is 4.00. The number of aromatic nitrogens is 2. The van der Waals surface area contributed by atoms with Gasteiger partial charge in [-0.3, -0.25) is 0 Å². The molecule has 6 nitrogen and oxygen atoms in total. The predicted octanol–water partition coefficient (Wildman–Crippen LogP) is 3.67. The molecule has 0 spiro atoms. The van der Waals surface area contributed by atoms with Gasteiger partial charge in [0.2, 0.25) is 0 Å². The minimum Gasteiger partial charge on any atom is -0.465 e. The smallest absolute Gasteiger partial charge is 0.465 e. The van der Waals surface area contributed by atoms with Crippen LogP contribution < -0.4 is 10.1 Å². The number of fused-ring (bicyclic) bond motifs is 1. The molecule has 0 bridgehead atoms. The molecule has 1 amide bonds. The molecule has 3 aromatic rings. The summed E-state index contributed by atoms with van der Waals surface area (Å²) in [7, 11) is 0. The molecular formula is C16H12F3N3O3. The van der Waals surface area contributed by atoms with Gasteiger partial charge in [0.1, 0.15) is 11.4 Å². The first-order valence-electron chi connectivity index (χ1n) is 7.10. The zero-order valence-electron chi connectivity index (χ0n) is 12.6. The average Bonchev–Trinajstić information content (AvgIpc) is 3.00. The van der Waals surface area contributed by atoms with Crippen molar-refractivity contribution in [2.75, 3.05) is 0 Å². The second-order valence-corrected chi connectivity index (χ2v) is 5.15. The molecule has 2 N–H and O–H groups in total. The Morgan fingerprint density at radius 2 is 2.00 bits per heavy atom. The SMILES string of the molecule is O=C(O)NCc1cc(-c2ccc(OC(F)(F)F)cc2)c2nccn2c1. The zero-order valence-corrected chi connectivity index (χ0v) is 12.6. The Morgan fingerprint density at radius 1 is 1.28 bits per heavy atom. The van der Waals surface area contributed by atoms with Crippen LogP contribution in [0.3, 0.4) is 0 Å². The maximum absolute atomic E-state index is 12.2. The topological polar surface area (TPSA) is 75.9 Å². The Balaban J connectivity index is 1.96. The van der Waals surface area contributed by atoms with Crippen LogP contribution in [0.15, 0.2) is 48.9 Å². The molecule has 0 aliphatic carbocycles. The number of nitrogens with zero attached hydrogens (tertiary/aromatic N) is 2. The largest absolute Gasteiger partial charge is 0.573 e. The van der Waals surface area contributed by atoms with Crippen molar-refractivity contribution >= 4 is 11.7 Å². The van der Waals surface area contributed by atoms with Gasteiger partial charge in [0.25, 0.3) is 0 Å². The first-order valence-corrected chi connectivity index (χ1v) is 7.10. The molecule has 3 rings (SSSR count). The fourth-order valence-electron chi connectivity index (χ4n) is 2.41. The summed E-state index contributed by atoms with van der Waals surface area (Å²) < 4.78 is 42.3. The van der Waals surface area contributed by atoms with Crippen molar-refractivity contribution in [3.8, 4) is 16.9 Å². The second-order valence-electron chi connectivity index (χ2n) is 5.15. The summed E-state index contributed by atoms with van der Waals surface area (Å²) in [6.45, 7) is 0.0890. The van der Waals surface area contributed by atoms with E-state index in [1.807, 2.05) is 0 Å². The zero-order chi connectivity index (χ0) is 18.0. The highest BCUT2D eigenvalue weighted by molar-refractivity contribution is 5.78. The fourth-order valence-corrected chi connectivity index (χ4v) is 2.41. The van der Waals surface area contributed by atoms with Gasteiger partial charge in [0.15, 0.2) is 0 Å². The van der Waals surface area contributed by atoms with Gasteiger partial charge in [-0.2, -0.15) is 0 Å². The predicted molar refractivity (Wildman–Crippen MR) is 82.2 cm³/mol. The molecule has 130 valence electrons. The highest BCUT2D eigenvalue weighted by Crippen LogP contribution is 2.29. The van der Waals surface area contributed by atoms with E-state index >= 15 is 0 Å². The van der Waals surface area contributed by atoms with E-state index in [4.69, 9.17) is 5.11 Å². The van der Waals surface area contributed by atoms with Gasteiger partial charge in [-0.15, -0.1) is 13.2 Å². The number of nitrogens with one attached hydrogen (secondary N) is 1. The third-order valence-corrected chi connectivity index (χ3v) is 3.39. The number of benzene rings is 1. The van der Waals surface area contributed by atoms with E-state index in [2.05, 4.69) is 15.0 Å². The number of carbonyl (C=O) groups is 1. The first-order chi connectivity index (χ1) is 11.8. The van der Waals surface area contributed by atoms with Crippen molar-refractivity contribution in [3.05, 3.63) is 54.5 Å². The average molecular weight is 351 g/mol. The normalized spacial score (nSPS) is 11.5. The monoisotopic (exact) mass is 351 g/mol. The summed E-state index contributed by atoms with van der Waals surface area (Å²) in [5, 5.41) is 11.0. The lowest BCUT2D eigenvalue weighted by atomic mass is 10.0. The maximum Gasteiger partial charge on any atom is 0.573 e. The van der Waals surface area contributed by atoms with E-state index < -0.39 is 12.5 Å². The maximum atomic E-state index is 12.2. The second kappa shape index (κ2) is 6.34. The van der Waals surface area contributed by atoms with Crippen LogP contribution in [0.1, 0.15) is 5.56 Å². The van der Waals surface area contributed by atoms with Crippen molar-refractivity contribution < 1.29 is 27.8 Å². The van der Waals surface area contributed by atoms with Gasteiger partial charge in [-0.25, -0.2) is 9.78 Å². The van der Waals surface area contributed by atoms with Crippen molar-refractivity contribution in [2.24, 2.45) is 0 Å². The van der Waals surface area contributed by atoms with Gasteiger partial charge in [-0.05, 0) is 29.3 Å². The third-order valence-electron chi connectivity index (χ3n) is 3.39. The van der Waals surface area contributed by atoms with E-state index in [0.29, 0.717) is 22.3 Å². The summed E-state index contributed by atoms with van der Waals surface area (Å²) >= 11 is 0. The van der Waals surface area contributed by atoms with Gasteiger partial charge in [0.05, 0.1) is 0 Å². The number of hydrogen-bond donors (Lipinski definition) is 2. The Labute approximate surface area is 139 Å². The summed E-state index contributed by atoms with van der Waals surface area (Å²) in [4.78, 5) is 14.9. The Morgan fingerprint density at radius 3 is 2.64 bits per heavy atom. The number of pyridine rings is 1. The fraction of sp³-hybridized carbons (Fsp3) is 0.125. The van der Waals surface area contributed by atoms with Crippen LogP contribution in [0.5, 0.6) is 5.75 Å². The van der Waals surface area contributed by atoms with Crippen molar-refractivity contribution in [1.82, 2.24) is 14.7 Å². The molecule has 2 aromatic heterocycles. The lowest BCUT2D eigenvalue weighted by Gasteiger charge is -2.11. The number of halogens is 3. The number of imidazole rings is 1. The number of amides is 1. The number of alkyl halides is 3. The standard InChI is InChI=1S/C16H12F3N3O3/c17-16(18,19)25-12-3-1-11(2-4-12)13-7-10(8-21-15(23)24)9-22-6-5-20-14(13)22/h1-7,9,21H,8H2,(H,23,24). The van der Waals surface area contributed by atoms with E-state index in [0.717, 1.165) is 0 Å². The van der Waals surface area contributed by atoms with Crippen LogP contribution in [0, 0.1) is 0 Å². The van der Waals surface area contributed by atoms with Crippen LogP contribution in [0.25, 0.3) is 16.8 Å². The van der Waals surface area contributed by atoms with Gasteiger partial charge in [-0.1, -0.05) is 12.1 Å². The Bertz CT molecular complexity index is 904. The van der Waals surface area contributed by atoms with Gasteiger partial charge >= 0.3 is 12.5 Å². The minimum absolute atomic E-state index is 0.0890. The molecule has 1 aromatic carbocycles. The Hall–Kier alpha value is -3.23. The van der Waals surface area contributed by atoms with Crippen molar-refractivity contribution in [1.29, 1.82) is 0 Å². The van der Waals surface area contributed by atoms with E-state index in [-0.39, 0.29) is 12.3 Å². The molecule has 2 heterocycles. The summed E-state index contributed by atoms with van der Waals surface area (Å²) in [5.41, 5.74) is 2.57. The lowest BCUT2D eigenvalue weighted by molar-refractivity contribution is -0.274. The van der Waals surface area contributed by atoms with Crippen LogP contribution in [-0.4, -0.2) is 26.9 Å². The molecule has 9 heteroatoms. The minimum atomic E-state index is -4.75. The number of hydrogen-bond acceptors (Lipinski definition) is 3.